The van der Waals surface area contributed by atoms with Crippen LogP contribution in [0, 0.1) is 0 Å². The number of para-hydroxylation sites is 2. The smallest absolute Gasteiger partial charge is 0.305 e. The van der Waals surface area contributed by atoms with Crippen molar-refractivity contribution in [1.82, 2.24) is 10.3 Å². The van der Waals surface area contributed by atoms with Gasteiger partial charge in [-0.25, -0.2) is 0 Å². The van der Waals surface area contributed by atoms with Crippen LogP contribution < -0.4 is 14.8 Å². The molecule has 2 N–H and O–H groups in total. The molecule has 1 amide bonds. The summed E-state index contributed by atoms with van der Waals surface area (Å²) in [6.45, 7) is 0.0684. The molecule has 7 nitrogen and oxygen atoms in total. The van der Waals surface area contributed by atoms with Crippen LogP contribution in [0.5, 0.6) is 11.5 Å². The van der Waals surface area contributed by atoms with Crippen LogP contribution in [0.1, 0.15) is 18.0 Å². The van der Waals surface area contributed by atoms with Crippen LogP contribution >= 0.6 is 0 Å². The van der Waals surface area contributed by atoms with Gasteiger partial charge in [-0.05, 0) is 29.8 Å². The maximum Gasteiger partial charge on any atom is 0.305 e. The summed E-state index contributed by atoms with van der Waals surface area (Å²) in [6.07, 6.45) is 2.03. The van der Waals surface area contributed by atoms with Crippen molar-refractivity contribution in [3.8, 4) is 11.5 Å². The second-order valence-corrected chi connectivity index (χ2v) is 5.30. The van der Waals surface area contributed by atoms with Crippen molar-refractivity contribution in [3.05, 3.63) is 54.4 Å². The molecule has 0 aliphatic carbocycles. The number of carboxylic acids is 1. The van der Waals surface area contributed by atoms with Gasteiger partial charge in [-0.3, -0.25) is 14.6 Å². The highest BCUT2D eigenvalue weighted by Crippen LogP contribution is 2.31. The average molecular weight is 328 g/mol. The van der Waals surface area contributed by atoms with Crippen LogP contribution in [0.2, 0.25) is 0 Å². The number of nitrogens with one attached hydrogen (secondary N) is 1. The summed E-state index contributed by atoms with van der Waals surface area (Å²) < 4.78 is 11.2. The number of nitrogens with zero attached hydrogens (tertiary/aromatic N) is 1. The van der Waals surface area contributed by atoms with Crippen molar-refractivity contribution in [2.45, 2.75) is 18.6 Å². The molecule has 0 bridgehead atoms. The molecule has 7 heteroatoms. The van der Waals surface area contributed by atoms with Crippen LogP contribution in [0.3, 0.4) is 0 Å². The minimum absolute atomic E-state index is 0.0684. The van der Waals surface area contributed by atoms with Gasteiger partial charge in [0.15, 0.2) is 11.5 Å². The normalized spacial score (nSPS) is 16.9. The van der Waals surface area contributed by atoms with Crippen molar-refractivity contribution in [2.24, 2.45) is 0 Å². The highest BCUT2D eigenvalue weighted by molar-refractivity contribution is 5.83. The molecule has 0 saturated heterocycles. The number of hydrogen-bond acceptors (Lipinski definition) is 5. The van der Waals surface area contributed by atoms with Crippen molar-refractivity contribution < 1.29 is 24.2 Å². The van der Waals surface area contributed by atoms with E-state index in [0.29, 0.717) is 17.1 Å². The van der Waals surface area contributed by atoms with Gasteiger partial charge in [0, 0.05) is 12.4 Å². The highest BCUT2D eigenvalue weighted by atomic mass is 16.6. The molecule has 1 aromatic heterocycles. The van der Waals surface area contributed by atoms with Gasteiger partial charge in [0.1, 0.15) is 6.61 Å². The minimum Gasteiger partial charge on any atom is -0.485 e. The molecule has 1 aliphatic heterocycles. The second kappa shape index (κ2) is 6.99. The number of aromatic nitrogens is 1. The molecule has 2 aromatic rings. The molecule has 2 unspecified atom stereocenters. The van der Waals surface area contributed by atoms with E-state index in [1.807, 2.05) is 6.07 Å². The van der Waals surface area contributed by atoms with E-state index in [2.05, 4.69) is 10.3 Å². The Balaban J connectivity index is 1.71. The van der Waals surface area contributed by atoms with Gasteiger partial charge in [-0.15, -0.1) is 0 Å². The molecule has 2 heterocycles. The number of aliphatic carboxylic acids is 1. The van der Waals surface area contributed by atoms with Crippen LogP contribution in [0.4, 0.5) is 0 Å². The second-order valence-electron chi connectivity index (χ2n) is 5.30. The van der Waals surface area contributed by atoms with Gasteiger partial charge in [0.2, 0.25) is 6.10 Å². The average Bonchev–Trinajstić information content (AvgIpc) is 2.61. The van der Waals surface area contributed by atoms with E-state index < -0.39 is 24.0 Å². The molecular formula is C17H16N2O5. The Labute approximate surface area is 138 Å². The van der Waals surface area contributed by atoms with E-state index in [9.17, 15) is 9.59 Å². The first-order chi connectivity index (χ1) is 11.6. The highest BCUT2D eigenvalue weighted by Gasteiger charge is 2.29. The van der Waals surface area contributed by atoms with Gasteiger partial charge in [0.25, 0.3) is 5.91 Å². The Morgan fingerprint density at radius 3 is 2.62 bits per heavy atom. The Morgan fingerprint density at radius 2 is 1.92 bits per heavy atom. The lowest BCUT2D eigenvalue weighted by Gasteiger charge is -2.27. The van der Waals surface area contributed by atoms with E-state index in [0.717, 1.165) is 0 Å². The fraction of sp³-hybridized carbons (Fsp3) is 0.235. The maximum absolute atomic E-state index is 12.4. The lowest BCUT2D eigenvalue weighted by Crippen LogP contribution is -2.45. The van der Waals surface area contributed by atoms with E-state index in [-0.39, 0.29) is 13.0 Å². The number of benzene rings is 1. The number of hydrogen-bond donors (Lipinski definition) is 2. The van der Waals surface area contributed by atoms with Gasteiger partial charge >= 0.3 is 5.97 Å². The number of pyridine rings is 1. The molecule has 24 heavy (non-hydrogen) atoms. The van der Waals surface area contributed by atoms with Crippen LogP contribution in [0.25, 0.3) is 0 Å². The number of rotatable bonds is 5. The zero-order chi connectivity index (χ0) is 16.9. The van der Waals surface area contributed by atoms with Crippen LogP contribution in [-0.2, 0) is 9.59 Å². The van der Waals surface area contributed by atoms with Crippen molar-refractivity contribution in [2.75, 3.05) is 6.61 Å². The summed E-state index contributed by atoms with van der Waals surface area (Å²) >= 11 is 0. The van der Waals surface area contributed by atoms with Gasteiger partial charge < -0.3 is 19.9 Å². The predicted octanol–water partition coefficient (Wildman–Crippen LogP) is 1.55. The lowest BCUT2D eigenvalue weighted by molar-refractivity contribution is -0.138. The summed E-state index contributed by atoms with van der Waals surface area (Å²) in [5.74, 6) is -0.365. The molecule has 3 rings (SSSR count). The summed E-state index contributed by atoms with van der Waals surface area (Å²) in [5.41, 5.74) is 0.665. The standard InChI is InChI=1S/C17H16N2O5/c20-16(21)9-12(11-5-7-18-8-6-11)19-17(22)15-10-23-13-3-1-2-4-14(13)24-15/h1-8,12,15H,9-10H2,(H,19,22)(H,20,21). The fourth-order valence-electron chi connectivity index (χ4n) is 2.44. The van der Waals surface area contributed by atoms with Gasteiger partial charge in [-0.1, -0.05) is 12.1 Å². The fourth-order valence-corrected chi connectivity index (χ4v) is 2.44. The number of fused-ring (bicyclic) bond motifs is 1. The molecule has 0 fully saturated rings. The molecule has 1 aliphatic rings. The number of carboxylic acid groups (broad SMARTS) is 1. The van der Waals surface area contributed by atoms with E-state index in [1.165, 1.54) is 0 Å². The first-order valence-electron chi connectivity index (χ1n) is 7.44. The number of amides is 1. The Bertz CT molecular complexity index is 735. The quantitative estimate of drug-likeness (QED) is 0.864. The van der Waals surface area contributed by atoms with Crippen molar-refractivity contribution in [1.29, 1.82) is 0 Å². The molecule has 1 aromatic carbocycles. The molecule has 0 saturated carbocycles. The third-order valence-corrected chi connectivity index (χ3v) is 3.60. The summed E-state index contributed by atoms with van der Waals surface area (Å²) in [7, 11) is 0. The van der Waals surface area contributed by atoms with E-state index in [4.69, 9.17) is 14.6 Å². The number of carbonyl (C=O) groups excluding carboxylic acids is 1. The first kappa shape index (κ1) is 15.8. The zero-order valence-corrected chi connectivity index (χ0v) is 12.7. The Morgan fingerprint density at radius 1 is 1.21 bits per heavy atom. The monoisotopic (exact) mass is 328 g/mol. The minimum atomic E-state index is -1.01. The van der Waals surface area contributed by atoms with Gasteiger partial charge in [0.05, 0.1) is 12.5 Å². The number of ether oxygens (including phenoxy) is 2. The maximum atomic E-state index is 12.4. The van der Waals surface area contributed by atoms with E-state index >= 15 is 0 Å². The van der Waals surface area contributed by atoms with Crippen molar-refractivity contribution in [3.63, 3.8) is 0 Å². The first-order valence-corrected chi connectivity index (χ1v) is 7.44. The predicted molar refractivity (Wildman–Crippen MR) is 83.7 cm³/mol. The Kier molecular flexibility index (Phi) is 4.60. The largest absolute Gasteiger partial charge is 0.485 e. The summed E-state index contributed by atoms with van der Waals surface area (Å²) in [4.78, 5) is 27.4. The topological polar surface area (TPSA) is 97.8 Å². The molecule has 2 atom stereocenters. The summed E-state index contributed by atoms with van der Waals surface area (Å²) in [5, 5.41) is 11.8. The SMILES string of the molecule is O=C(O)CC(NC(=O)C1COc2ccccc2O1)c1ccncc1. The zero-order valence-electron chi connectivity index (χ0n) is 12.7. The third kappa shape index (κ3) is 3.62. The Hall–Kier alpha value is -3.09. The lowest BCUT2D eigenvalue weighted by atomic mass is 10.0. The van der Waals surface area contributed by atoms with E-state index in [1.54, 1.807) is 42.7 Å². The molecule has 0 radical (unpaired) electrons. The number of carbonyl (C=O) groups is 2. The molecule has 124 valence electrons. The molecular weight excluding hydrogens is 312 g/mol. The summed E-state index contributed by atoms with van der Waals surface area (Å²) in [6, 6.07) is 9.74. The van der Waals surface area contributed by atoms with Crippen LogP contribution in [-0.4, -0.2) is 34.7 Å². The van der Waals surface area contributed by atoms with Gasteiger partial charge in [-0.2, -0.15) is 0 Å². The van der Waals surface area contributed by atoms with Crippen molar-refractivity contribution >= 4 is 11.9 Å². The third-order valence-electron chi connectivity index (χ3n) is 3.60. The molecule has 0 spiro atoms. The van der Waals surface area contributed by atoms with Crippen LogP contribution in [0.15, 0.2) is 48.8 Å².